The second kappa shape index (κ2) is 4.94. The molecule has 0 heterocycles. The molecule has 0 amide bonds. The molecule has 0 spiro atoms. The molecule has 0 aliphatic heterocycles. The SMILES string of the molecule is OB(O)c1[c-]cccc1F.[U]. The van der Waals surface area contributed by atoms with E-state index in [4.69, 9.17) is 10.0 Å². The number of hydrogen-bond acceptors (Lipinski definition) is 2. The van der Waals surface area contributed by atoms with E-state index >= 15 is 0 Å². The van der Waals surface area contributed by atoms with E-state index in [0.29, 0.717) is 0 Å². The molecule has 0 aliphatic carbocycles. The standard InChI is InChI=1S/C6H5BFO2.U/c8-6-4-2-1-3-5(6)7(9)10;/h1-2,4,9-10H;/q-1;. The van der Waals surface area contributed by atoms with Gasteiger partial charge < -0.3 is 10.0 Å². The van der Waals surface area contributed by atoms with Gasteiger partial charge in [0.2, 0.25) is 0 Å². The average molecular weight is 377 g/mol. The molecule has 0 aliphatic rings. The third kappa shape index (κ3) is 2.96. The Balaban J connectivity index is 0.000001000. The molecule has 1 aromatic rings. The van der Waals surface area contributed by atoms with Crippen LogP contribution in [0.2, 0.25) is 0 Å². The Hall–Kier alpha value is 0.187. The Bertz CT molecular complexity index is 232. The van der Waals surface area contributed by atoms with Gasteiger partial charge in [-0.25, -0.2) is 0 Å². The minimum Gasteiger partial charge on any atom is -0.424 e. The Morgan fingerprint density at radius 3 is 2.45 bits per heavy atom. The Kier molecular flexibility index (Phi) is 5.03. The van der Waals surface area contributed by atoms with Crippen molar-refractivity contribution < 1.29 is 45.6 Å². The largest absolute Gasteiger partial charge is 0.465 e. The van der Waals surface area contributed by atoms with Crippen molar-refractivity contribution in [3.63, 3.8) is 0 Å². The van der Waals surface area contributed by atoms with Gasteiger partial charge in [-0.05, 0) is 0 Å². The molecule has 5 heteroatoms. The first-order valence-electron chi connectivity index (χ1n) is 2.74. The third-order valence-corrected chi connectivity index (χ3v) is 1.09. The summed E-state index contributed by atoms with van der Waals surface area (Å²) in [6, 6.07) is 6.35. The van der Waals surface area contributed by atoms with Crippen LogP contribution in [0.3, 0.4) is 0 Å². The fourth-order valence-corrected chi connectivity index (χ4v) is 0.627. The van der Waals surface area contributed by atoms with Gasteiger partial charge in [-0.15, -0.1) is 6.07 Å². The molecule has 1 aromatic carbocycles. The smallest absolute Gasteiger partial charge is 0.424 e. The number of hydrogen-bond donors (Lipinski definition) is 2. The number of benzene rings is 1. The van der Waals surface area contributed by atoms with Crippen LogP contribution in [0, 0.1) is 43.0 Å². The first-order chi connectivity index (χ1) is 4.72. The molecule has 0 atom stereocenters. The quantitative estimate of drug-likeness (QED) is 0.503. The van der Waals surface area contributed by atoms with E-state index in [9.17, 15) is 4.39 Å². The minimum absolute atomic E-state index is 0. The van der Waals surface area contributed by atoms with Gasteiger partial charge >= 0.3 is 7.12 Å². The first-order valence-corrected chi connectivity index (χ1v) is 2.74. The Morgan fingerprint density at radius 2 is 2.09 bits per heavy atom. The molecule has 2 N–H and O–H groups in total. The van der Waals surface area contributed by atoms with Crippen LogP contribution in [-0.4, -0.2) is 17.2 Å². The molecule has 56 valence electrons. The van der Waals surface area contributed by atoms with Crippen LogP contribution in [0.4, 0.5) is 4.39 Å². The topological polar surface area (TPSA) is 40.5 Å². The Morgan fingerprint density at radius 1 is 1.45 bits per heavy atom. The summed E-state index contributed by atoms with van der Waals surface area (Å²) in [6.45, 7) is 0. The summed E-state index contributed by atoms with van der Waals surface area (Å²) >= 11 is 0. The first kappa shape index (κ1) is 11.2. The summed E-state index contributed by atoms with van der Waals surface area (Å²) in [5.41, 5.74) is -0.220. The maximum atomic E-state index is 12.5. The zero-order chi connectivity index (χ0) is 7.56. The molecule has 2 nitrogen and oxygen atoms in total. The van der Waals surface area contributed by atoms with E-state index in [0.717, 1.165) is 6.07 Å². The zero-order valence-corrected chi connectivity index (χ0v) is 9.75. The van der Waals surface area contributed by atoms with Crippen molar-refractivity contribution in [2.24, 2.45) is 0 Å². The molecule has 0 aromatic heterocycles. The van der Waals surface area contributed by atoms with Crippen molar-refractivity contribution in [3.8, 4) is 0 Å². The van der Waals surface area contributed by atoms with Crippen molar-refractivity contribution >= 4 is 12.6 Å². The summed E-state index contributed by atoms with van der Waals surface area (Å²) in [5.74, 6) is -0.655. The molecule has 0 radical (unpaired) electrons. The maximum Gasteiger partial charge on any atom is 0.465 e. The molecule has 1 rings (SSSR count). The third-order valence-electron chi connectivity index (χ3n) is 1.09. The van der Waals surface area contributed by atoms with Gasteiger partial charge in [0.15, 0.2) is 0 Å². The van der Waals surface area contributed by atoms with Crippen LogP contribution in [0.25, 0.3) is 0 Å². The second-order valence-corrected chi connectivity index (χ2v) is 1.81. The van der Waals surface area contributed by atoms with Crippen LogP contribution in [0.1, 0.15) is 0 Å². The molecule has 11 heavy (non-hydrogen) atoms. The summed E-state index contributed by atoms with van der Waals surface area (Å²) in [7, 11) is -1.78. The Labute approximate surface area is 88.0 Å². The minimum atomic E-state index is -1.78. The predicted octanol–water partition coefficient (Wildman–Crippen LogP) is -0.694. The van der Waals surface area contributed by atoms with Gasteiger partial charge in [-0.3, -0.25) is 4.39 Å². The van der Waals surface area contributed by atoms with Gasteiger partial charge in [0.25, 0.3) is 0 Å². The van der Waals surface area contributed by atoms with Crippen molar-refractivity contribution in [2.45, 2.75) is 0 Å². The van der Waals surface area contributed by atoms with Gasteiger partial charge in [-0.2, -0.15) is 18.2 Å². The predicted molar refractivity (Wildman–Crippen MR) is 35.1 cm³/mol. The van der Waals surface area contributed by atoms with Crippen molar-refractivity contribution in [2.75, 3.05) is 0 Å². The van der Waals surface area contributed by atoms with Gasteiger partial charge in [0.1, 0.15) is 0 Å². The van der Waals surface area contributed by atoms with Gasteiger partial charge in [0, 0.05) is 36.9 Å². The second-order valence-electron chi connectivity index (χ2n) is 1.81. The number of rotatable bonds is 1. The molecule has 0 saturated carbocycles. The molecule has 0 bridgehead atoms. The van der Waals surface area contributed by atoms with E-state index in [-0.39, 0.29) is 36.6 Å². The summed E-state index contributed by atoms with van der Waals surface area (Å²) < 4.78 is 12.5. The fraction of sp³-hybridized carbons (Fsp3) is 0. The van der Waals surface area contributed by atoms with Crippen LogP contribution < -0.4 is 5.46 Å². The summed E-state index contributed by atoms with van der Waals surface area (Å²) in [4.78, 5) is 0. The molecule has 0 fully saturated rings. The van der Waals surface area contributed by atoms with Gasteiger partial charge in [0.05, 0.1) is 0 Å². The van der Waals surface area contributed by atoms with Gasteiger partial charge in [-0.1, -0.05) is 5.46 Å². The fourth-order valence-electron chi connectivity index (χ4n) is 0.627. The van der Waals surface area contributed by atoms with Crippen molar-refractivity contribution in [3.05, 3.63) is 30.1 Å². The molecular formula is C6H5BFO2U-. The van der Waals surface area contributed by atoms with Crippen molar-refractivity contribution in [1.82, 2.24) is 0 Å². The average Bonchev–Trinajstić information content (AvgIpc) is 1.88. The monoisotopic (exact) mass is 377 g/mol. The summed E-state index contributed by atoms with van der Waals surface area (Å²) in [5, 5.41) is 17.0. The molecule has 0 saturated heterocycles. The molecular weight excluding hydrogens is 372 g/mol. The van der Waals surface area contributed by atoms with Crippen LogP contribution in [-0.2, 0) is 0 Å². The van der Waals surface area contributed by atoms with E-state index in [1.165, 1.54) is 12.1 Å². The molecule has 0 unspecified atom stereocenters. The number of halogens is 1. The van der Waals surface area contributed by atoms with Crippen molar-refractivity contribution in [1.29, 1.82) is 0 Å². The summed E-state index contributed by atoms with van der Waals surface area (Å²) in [6.07, 6.45) is 0. The van der Waals surface area contributed by atoms with E-state index < -0.39 is 12.9 Å². The zero-order valence-electron chi connectivity index (χ0n) is 5.58. The van der Waals surface area contributed by atoms with Crippen LogP contribution in [0.5, 0.6) is 0 Å². The van der Waals surface area contributed by atoms with Crippen LogP contribution in [0.15, 0.2) is 18.2 Å². The van der Waals surface area contributed by atoms with Crippen LogP contribution >= 0.6 is 0 Å². The maximum absolute atomic E-state index is 12.5. The normalized spacial score (nSPS) is 8.64. The van der Waals surface area contributed by atoms with E-state index in [1.54, 1.807) is 0 Å². The van der Waals surface area contributed by atoms with E-state index in [2.05, 4.69) is 6.07 Å². The van der Waals surface area contributed by atoms with E-state index in [1.807, 2.05) is 0 Å².